The van der Waals surface area contributed by atoms with Crippen molar-refractivity contribution in [3.63, 3.8) is 0 Å². The Morgan fingerprint density at radius 3 is 2.26 bits per heavy atom. The molecule has 1 amide bonds. The van der Waals surface area contributed by atoms with Gasteiger partial charge in [0.25, 0.3) is 5.91 Å². The molecule has 0 aromatic heterocycles. The number of phenolic OH excluding ortho intramolecular Hbond substituents is 1. The number of aliphatic hydroxyl groups excluding tert-OH is 3. The van der Waals surface area contributed by atoms with Crippen LogP contribution in [0.1, 0.15) is 28.8 Å². The summed E-state index contributed by atoms with van der Waals surface area (Å²) in [5.74, 6) is -8.86. The Bertz CT molecular complexity index is 1150. The summed E-state index contributed by atoms with van der Waals surface area (Å²) in [5, 5.41) is 55.0. The Labute approximate surface area is 200 Å². The normalized spacial score (nSPS) is 32.4. The average molecular weight is 499 g/mol. The van der Waals surface area contributed by atoms with E-state index in [0.717, 1.165) is 0 Å². The number of ketones is 2. The number of nitrogens with zero attached hydrogens (tertiary/aromatic N) is 1. The van der Waals surface area contributed by atoms with E-state index in [1.54, 1.807) is 19.1 Å². The molecule has 9 N–H and O–H groups in total. The summed E-state index contributed by atoms with van der Waals surface area (Å²) in [6, 6.07) is 3.17. The number of likely N-dealkylation sites (N-methyl/N-ethyl adjacent to an activating group) is 1. The van der Waals surface area contributed by atoms with Crippen molar-refractivity contribution < 1.29 is 45.4 Å². The first kappa shape index (κ1) is 27.3. The van der Waals surface area contributed by atoms with E-state index in [9.17, 15) is 39.9 Å². The van der Waals surface area contributed by atoms with E-state index < -0.39 is 75.6 Å². The minimum absolute atomic E-state index is 0. The fourth-order valence-electron chi connectivity index (χ4n) is 5.58. The number of fused-ring (bicyclic) bond motifs is 3. The van der Waals surface area contributed by atoms with Gasteiger partial charge in [-0.15, -0.1) is 12.4 Å². The van der Waals surface area contributed by atoms with Crippen LogP contribution in [0.5, 0.6) is 5.75 Å². The Morgan fingerprint density at radius 1 is 1.15 bits per heavy atom. The topological polar surface area (TPSA) is 213 Å². The summed E-state index contributed by atoms with van der Waals surface area (Å²) >= 11 is 0. The third-order valence-electron chi connectivity index (χ3n) is 7.00. The molecular weight excluding hydrogens is 472 g/mol. The number of primary amides is 1. The third kappa shape index (κ3) is 3.16. The summed E-state index contributed by atoms with van der Waals surface area (Å²) in [5.41, 5.74) is 1.36. The fourth-order valence-corrected chi connectivity index (χ4v) is 5.58. The molecule has 0 bridgehead atoms. The van der Waals surface area contributed by atoms with E-state index in [1.807, 2.05) is 0 Å². The molecule has 1 aromatic carbocycles. The van der Waals surface area contributed by atoms with Gasteiger partial charge in [-0.2, -0.15) is 0 Å². The number of carbonyl (C=O) groups is 3. The van der Waals surface area contributed by atoms with Crippen LogP contribution in [-0.4, -0.2) is 85.2 Å². The molecule has 4 rings (SSSR count). The highest BCUT2D eigenvalue weighted by atomic mass is 35.5. The summed E-state index contributed by atoms with van der Waals surface area (Å²) < 4.78 is 0. The molecule has 34 heavy (non-hydrogen) atoms. The van der Waals surface area contributed by atoms with Gasteiger partial charge in [0.15, 0.2) is 11.4 Å². The maximum atomic E-state index is 13.3. The lowest BCUT2D eigenvalue weighted by atomic mass is 9.55. The molecule has 0 saturated heterocycles. The van der Waals surface area contributed by atoms with Gasteiger partial charge in [0.05, 0.1) is 23.6 Å². The smallest absolute Gasteiger partial charge is 0.255 e. The largest absolute Gasteiger partial charge is 0.510 e. The number of aliphatic hydroxyl groups is 4. The number of aromatic hydroxyl groups is 1. The van der Waals surface area contributed by atoms with Gasteiger partial charge in [-0.25, -0.2) is 0 Å². The molecule has 0 aliphatic heterocycles. The molecule has 1 aromatic rings. The van der Waals surface area contributed by atoms with Gasteiger partial charge in [0.2, 0.25) is 5.78 Å². The van der Waals surface area contributed by atoms with Crippen LogP contribution in [0, 0.1) is 11.8 Å². The monoisotopic (exact) mass is 498 g/mol. The number of carbonyl (C=O) groups excluding carboxylic acids is 3. The Balaban J connectivity index is 0.00000204. The minimum atomic E-state index is -2.89. The number of phenols is 1. The van der Waals surface area contributed by atoms with E-state index in [1.165, 1.54) is 25.1 Å². The molecule has 0 fully saturated rings. The quantitative estimate of drug-likeness (QED) is 0.282. The molecule has 0 saturated carbocycles. The average Bonchev–Trinajstić information content (AvgIpc) is 2.70. The molecule has 186 valence electrons. The van der Waals surface area contributed by atoms with Crippen molar-refractivity contribution in [1.82, 2.24) is 4.90 Å². The number of rotatable bonds is 2. The van der Waals surface area contributed by atoms with Gasteiger partial charge in [-0.05, 0) is 31.6 Å². The highest BCUT2D eigenvalue weighted by molar-refractivity contribution is 6.25. The van der Waals surface area contributed by atoms with Crippen LogP contribution in [-0.2, 0) is 9.59 Å². The number of hydrogen-bond donors (Lipinski definition) is 6. The van der Waals surface area contributed by atoms with Crippen LogP contribution in [0.2, 0.25) is 0 Å². The standard InChI is InChI=1S/C22H24N2O8.ClH.H2O/c1-7-8-5-4-6-9(25)11(8)16(26)12-10(7)17(27)14-15(24(2)3)18(28)13(21(23)31)20(30)22(14,32)19(12)29;;/h4-7,10,14-15,17,25,27-29,32H,1-3H3,(H2,23,31);1H;1H2/t7-,10+,14-,15-,17-,22-;;/m0../s1. The Morgan fingerprint density at radius 2 is 1.74 bits per heavy atom. The molecule has 3 aliphatic rings. The number of nitrogens with two attached hydrogens (primary N) is 1. The van der Waals surface area contributed by atoms with Gasteiger partial charge in [0, 0.05) is 11.5 Å². The van der Waals surface area contributed by atoms with E-state index in [2.05, 4.69) is 0 Å². The molecule has 3 aliphatic carbocycles. The number of amides is 1. The molecule has 11 nitrogen and oxygen atoms in total. The van der Waals surface area contributed by atoms with Crippen LogP contribution in [0.4, 0.5) is 0 Å². The molecule has 0 heterocycles. The van der Waals surface area contributed by atoms with Crippen molar-refractivity contribution in [1.29, 1.82) is 0 Å². The van der Waals surface area contributed by atoms with E-state index >= 15 is 0 Å². The summed E-state index contributed by atoms with van der Waals surface area (Å²) in [6.07, 6.45) is -1.59. The zero-order chi connectivity index (χ0) is 23.9. The maximum Gasteiger partial charge on any atom is 0.255 e. The van der Waals surface area contributed by atoms with Crippen LogP contribution in [0.3, 0.4) is 0 Å². The maximum absolute atomic E-state index is 13.3. The zero-order valence-corrected chi connectivity index (χ0v) is 19.3. The first-order valence-corrected chi connectivity index (χ1v) is 10.0. The lowest BCUT2D eigenvalue weighted by molar-refractivity contribution is -0.162. The SMILES string of the molecule is C[C@H]1c2cccc(O)c2C(=O)C2=C(O)[C@]3(O)C(=O)C(C(N)=O)=C(O)[C@@H](N(C)C)[C@H]3[C@@H](O)[C@@H]21.Cl.O. The van der Waals surface area contributed by atoms with Crippen molar-refractivity contribution in [3.05, 3.63) is 52.0 Å². The molecule has 0 spiro atoms. The second-order valence-corrected chi connectivity index (χ2v) is 8.79. The highest BCUT2D eigenvalue weighted by Gasteiger charge is 2.67. The lowest BCUT2D eigenvalue weighted by Crippen LogP contribution is -2.68. The van der Waals surface area contributed by atoms with Crippen LogP contribution < -0.4 is 5.73 Å². The van der Waals surface area contributed by atoms with E-state index in [4.69, 9.17) is 5.73 Å². The van der Waals surface area contributed by atoms with Crippen LogP contribution in [0.15, 0.2) is 40.9 Å². The molecule has 12 heteroatoms. The van der Waals surface area contributed by atoms with E-state index in [-0.39, 0.29) is 29.2 Å². The second kappa shape index (κ2) is 8.67. The first-order chi connectivity index (χ1) is 14.9. The molecule has 0 radical (unpaired) electrons. The third-order valence-corrected chi connectivity index (χ3v) is 7.00. The fraction of sp³-hybridized carbons (Fsp3) is 0.409. The molecular formula is C22H27ClN2O9. The number of benzene rings is 1. The van der Waals surface area contributed by atoms with Crippen LogP contribution >= 0.6 is 12.4 Å². The van der Waals surface area contributed by atoms with Crippen molar-refractivity contribution in [2.24, 2.45) is 17.6 Å². The highest BCUT2D eigenvalue weighted by Crippen LogP contribution is 2.55. The second-order valence-electron chi connectivity index (χ2n) is 8.79. The van der Waals surface area contributed by atoms with Gasteiger partial charge in [-0.1, -0.05) is 19.1 Å². The van der Waals surface area contributed by atoms with Gasteiger partial charge < -0.3 is 36.7 Å². The Hall–Kier alpha value is -2.96. The number of halogens is 1. The van der Waals surface area contributed by atoms with Crippen molar-refractivity contribution in [2.75, 3.05) is 14.1 Å². The predicted molar refractivity (Wildman–Crippen MR) is 121 cm³/mol. The minimum Gasteiger partial charge on any atom is -0.510 e. The van der Waals surface area contributed by atoms with Gasteiger partial charge >= 0.3 is 0 Å². The van der Waals surface area contributed by atoms with Gasteiger partial charge in [-0.3, -0.25) is 19.3 Å². The van der Waals surface area contributed by atoms with Crippen molar-refractivity contribution in [3.8, 4) is 5.75 Å². The Kier molecular flexibility index (Phi) is 6.96. The summed E-state index contributed by atoms with van der Waals surface area (Å²) in [6.45, 7) is 1.68. The zero-order valence-electron chi connectivity index (χ0n) is 18.5. The van der Waals surface area contributed by atoms with Gasteiger partial charge in [0.1, 0.15) is 22.8 Å². The summed E-state index contributed by atoms with van der Waals surface area (Å²) in [7, 11) is 2.98. The predicted octanol–water partition coefficient (Wildman–Crippen LogP) is -0.750. The first-order valence-electron chi connectivity index (χ1n) is 10.0. The summed E-state index contributed by atoms with van der Waals surface area (Å²) in [4.78, 5) is 39.8. The molecule has 0 unspecified atom stereocenters. The lowest BCUT2D eigenvalue weighted by Gasteiger charge is -2.53. The van der Waals surface area contributed by atoms with Crippen molar-refractivity contribution >= 4 is 29.9 Å². The number of Topliss-reactive ketones (excluding diaryl/α,β-unsaturated/α-hetero) is 2. The molecule has 6 atom stereocenters. The van der Waals surface area contributed by atoms with Crippen molar-refractivity contribution in [2.45, 2.75) is 30.6 Å². The van der Waals surface area contributed by atoms with Crippen LogP contribution in [0.25, 0.3) is 0 Å². The number of hydrogen-bond acceptors (Lipinski definition) is 9. The van der Waals surface area contributed by atoms with E-state index in [0.29, 0.717) is 5.56 Å².